The molecule has 1 aromatic carbocycles. The van der Waals surface area contributed by atoms with Gasteiger partial charge in [-0.1, -0.05) is 0 Å². The third-order valence-corrected chi connectivity index (χ3v) is 1.66. The van der Waals surface area contributed by atoms with Crippen LogP contribution in [-0.2, 0) is 0 Å². The lowest BCUT2D eigenvalue weighted by Gasteiger charge is -1.93. The summed E-state index contributed by atoms with van der Waals surface area (Å²) in [7, 11) is 0. The van der Waals surface area contributed by atoms with Crippen molar-refractivity contribution in [3.8, 4) is 11.8 Å². The molecular weight excluding hydrogens is 154 g/mol. The third kappa shape index (κ3) is 0.823. The minimum absolute atomic E-state index is 0.00838. The first-order valence-electron chi connectivity index (χ1n) is 3.41. The Morgan fingerprint density at radius 3 is 3.00 bits per heavy atom. The van der Waals surface area contributed by atoms with E-state index in [9.17, 15) is 5.11 Å². The Labute approximate surface area is 68.5 Å². The fourth-order valence-corrected chi connectivity index (χ4v) is 1.13. The number of hydrogen-bond acceptors (Lipinski definition) is 3. The zero-order valence-corrected chi connectivity index (χ0v) is 6.11. The Bertz CT molecular complexity index is 465. The maximum Gasteiger partial charge on any atom is 0.175 e. The van der Waals surface area contributed by atoms with E-state index in [0.29, 0.717) is 11.1 Å². The molecule has 1 aromatic heterocycles. The van der Waals surface area contributed by atoms with E-state index in [1.54, 1.807) is 12.1 Å². The molecule has 0 aliphatic rings. The number of phenols is 1. The highest BCUT2D eigenvalue weighted by Crippen LogP contribution is 2.26. The summed E-state index contributed by atoms with van der Waals surface area (Å²) < 4.78 is 4.99. The number of rotatable bonds is 0. The van der Waals surface area contributed by atoms with Crippen molar-refractivity contribution in [2.75, 3.05) is 0 Å². The van der Waals surface area contributed by atoms with Crippen LogP contribution < -0.4 is 0 Å². The summed E-state index contributed by atoms with van der Waals surface area (Å²) in [6, 6.07) is 6.70. The van der Waals surface area contributed by atoms with Crippen LogP contribution in [0, 0.1) is 11.3 Å². The molecule has 0 atom stereocenters. The highest BCUT2D eigenvalue weighted by molar-refractivity contribution is 5.84. The molecule has 0 saturated heterocycles. The summed E-state index contributed by atoms with van der Waals surface area (Å²) in [5.41, 5.74) is 0.857. The third-order valence-electron chi connectivity index (χ3n) is 1.66. The number of nitriles is 1. The van der Waals surface area contributed by atoms with Gasteiger partial charge in [0.1, 0.15) is 0 Å². The van der Waals surface area contributed by atoms with E-state index in [2.05, 4.69) is 0 Å². The van der Waals surface area contributed by atoms with Gasteiger partial charge in [0.25, 0.3) is 0 Å². The number of furan rings is 1. The van der Waals surface area contributed by atoms with Crippen LogP contribution in [0.5, 0.6) is 5.75 Å². The van der Waals surface area contributed by atoms with Crippen LogP contribution in [0.15, 0.2) is 28.9 Å². The zero-order valence-electron chi connectivity index (χ0n) is 6.11. The molecule has 0 radical (unpaired) electrons. The second-order valence-corrected chi connectivity index (χ2v) is 2.45. The molecule has 0 fully saturated rings. The van der Waals surface area contributed by atoms with Gasteiger partial charge in [0.05, 0.1) is 17.9 Å². The lowest BCUT2D eigenvalue weighted by atomic mass is 10.2. The molecule has 0 spiro atoms. The van der Waals surface area contributed by atoms with Crippen molar-refractivity contribution < 1.29 is 9.52 Å². The van der Waals surface area contributed by atoms with Crippen molar-refractivity contribution in [1.29, 1.82) is 5.26 Å². The highest BCUT2D eigenvalue weighted by Gasteiger charge is 2.04. The summed E-state index contributed by atoms with van der Waals surface area (Å²) in [6.07, 6.45) is 1.48. The molecule has 3 nitrogen and oxygen atoms in total. The maximum atomic E-state index is 9.33. The van der Waals surface area contributed by atoms with Crippen molar-refractivity contribution in [2.24, 2.45) is 0 Å². The molecule has 0 amide bonds. The van der Waals surface area contributed by atoms with Crippen molar-refractivity contribution in [1.82, 2.24) is 0 Å². The first-order chi connectivity index (χ1) is 5.81. The van der Waals surface area contributed by atoms with Crippen LogP contribution in [0.3, 0.4) is 0 Å². The van der Waals surface area contributed by atoms with Crippen LogP contribution in [0.1, 0.15) is 5.56 Å². The van der Waals surface area contributed by atoms with Gasteiger partial charge in [-0.05, 0) is 12.1 Å². The van der Waals surface area contributed by atoms with Gasteiger partial charge in [-0.15, -0.1) is 0 Å². The van der Waals surface area contributed by atoms with Crippen LogP contribution in [0.2, 0.25) is 0 Å². The van der Waals surface area contributed by atoms with E-state index in [0.717, 1.165) is 5.39 Å². The molecule has 0 aliphatic carbocycles. The van der Waals surface area contributed by atoms with Gasteiger partial charge in [0.15, 0.2) is 11.3 Å². The van der Waals surface area contributed by atoms with E-state index < -0.39 is 0 Å². The van der Waals surface area contributed by atoms with Crippen LogP contribution in [-0.4, -0.2) is 5.11 Å². The molecule has 0 aliphatic heterocycles. The van der Waals surface area contributed by atoms with Gasteiger partial charge in [0, 0.05) is 11.5 Å². The van der Waals surface area contributed by atoms with E-state index in [4.69, 9.17) is 9.68 Å². The van der Waals surface area contributed by atoms with Crippen molar-refractivity contribution in [3.63, 3.8) is 0 Å². The molecule has 1 heterocycles. The summed E-state index contributed by atoms with van der Waals surface area (Å²) in [6.45, 7) is 0. The number of phenolic OH excluding ortho intramolecular Hbond substituents is 1. The first-order valence-corrected chi connectivity index (χ1v) is 3.41. The molecule has 1 N–H and O–H groups in total. The predicted octanol–water partition coefficient (Wildman–Crippen LogP) is 2.01. The van der Waals surface area contributed by atoms with Gasteiger partial charge in [-0.2, -0.15) is 5.26 Å². The number of aromatic hydroxyl groups is 1. The first kappa shape index (κ1) is 6.74. The monoisotopic (exact) mass is 159 g/mol. The summed E-state index contributed by atoms with van der Waals surface area (Å²) in [5, 5.41) is 18.6. The Balaban J connectivity index is 2.86. The van der Waals surface area contributed by atoms with Crippen LogP contribution in [0.4, 0.5) is 0 Å². The van der Waals surface area contributed by atoms with Gasteiger partial charge in [-0.3, -0.25) is 0 Å². The second-order valence-electron chi connectivity index (χ2n) is 2.45. The SMILES string of the molecule is N#Cc1cc(O)c2occc2c1. The number of fused-ring (bicyclic) bond motifs is 1. The summed E-state index contributed by atoms with van der Waals surface area (Å²) in [5.74, 6) is 0.00838. The average Bonchev–Trinajstić information content (AvgIpc) is 2.52. The molecule has 0 bridgehead atoms. The normalized spacial score (nSPS) is 9.92. The minimum atomic E-state index is 0.00838. The van der Waals surface area contributed by atoms with Gasteiger partial charge in [0.2, 0.25) is 0 Å². The Morgan fingerprint density at radius 1 is 1.42 bits per heavy atom. The van der Waals surface area contributed by atoms with Gasteiger partial charge in [-0.25, -0.2) is 0 Å². The Kier molecular flexibility index (Phi) is 1.28. The Morgan fingerprint density at radius 2 is 2.25 bits per heavy atom. The fourth-order valence-electron chi connectivity index (χ4n) is 1.13. The molecule has 2 rings (SSSR count). The predicted molar refractivity (Wildman–Crippen MR) is 42.6 cm³/mol. The van der Waals surface area contributed by atoms with E-state index in [1.807, 2.05) is 6.07 Å². The zero-order chi connectivity index (χ0) is 8.55. The molecule has 2 aromatic rings. The molecule has 0 unspecified atom stereocenters. The molecular formula is C9H5NO2. The largest absolute Gasteiger partial charge is 0.504 e. The minimum Gasteiger partial charge on any atom is -0.504 e. The second kappa shape index (κ2) is 2.28. The van der Waals surface area contributed by atoms with Gasteiger partial charge >= 0.3 is 0 Å². The highest BCUT2D eigenvalue weighted by atomic mass is 16.3. The number of benzene rings is 1. The van der Waals surface area contributed by atoms with Gasteiger partial charge < -0.3 is 9.52 Å². The number of nitrogens with zero attached hydrogens (tertiary/aromatic N) is 1. The quantitative estimate of drug-likeness (QED) is 0.639. The molecule has 58 valence electrons. The number of hydrogen-bond donors (Lipinski definition) is 1. The van der Waals surface area contributed by atoms with E-state index in [-0.39, 0.29) is 5.75 Å². The fraction of sp³-hybridized carbons (Fsp3) is 0. The molecule has 3 heteroatoms. The van der Waals surface area contributed by atoms with E-state index >= 15 is 0 Å². The Hall–Kier alpha value is -1.95. The summed E-state index contributed by atoms with van der Waals surface area (Å²) in [4.78, 5) is 0. The van der Waals surface area contributed by atoms with Crippen molar-refractivity contribution >= 4 is 11.0 Å². The molecule has 0 saturated carbocycles. The van der Waals surface area contributed by atoms with Crippen molar-refractivity contribution in [2.45, 2.75) is 0 Å². The van der Waals surface area contributed by atoms with Crippen LogP contribution >= 0.6 is 0 Å². The molecule has 12 heavy (non-hydrogen) atoms. The topological polar surface area (TPSA) is 57.2 Å². The van der Waals surface area contributed by atoms with Crippen molar-refractivity contribution in [3.05, 3.63) is 30.0 Å². The lowest BCUT2D eigenvalue weighted by Crippen LogP contribution is -1.73. The smallest absolute Gasteiger partial charge is 0.175 e. The summed E-state index contributed by atoms with van der Waals surface area (Å²) >= 11 is 0. The van der Waals surface area contributed by atoms with E-state index in [1.165, 1.54) is 12.3 Å². The maximum absolute atomic E-state index is 9.33. The average molecular weight is 159 g/mol. The van der Waals surface area contributed by atoms with Crippen LogP contribution in [0.25, 0.3) is 11.0 Å². The standard InChI is InChI=1S/C9H5NO2/c10-5-6-3-7-1-2-12-9(7)8(11)4-6/h1-4,11H. The lowest BCUT2D eigenvalue weighted by molar-refractivity contribution is 0.465.